The van der Waals surface area contributed by atoms with Gasteiger partial charge in [0.15, 0.2) is 9.84 Å². The lowest BCUT2D eigenvalue weighted by Crippen LogP contribution is -2.15. The van der Waals surface area contributed by atoms with Crippen LogP contribution in [-0.4, -0.2) is 30.4 Å². The van der Waals surface area contributed by atoms with Crippen molar-refractivity contribution in [3.63, 3.8) is 0 Å². The lowest BCUT2D eigenvalue weighted by Gasteiger charge is -2.09. The highest BCUT2D eigenvalue weighted by molar-refractivity contribution is 7.90. The number of para-hydroxylation sites is 1. The van der Waals surface area contributed by atoms with E-state index in [9.17, 15) is 13.2 Å². The van der Waals surface area contributed by atoms with E-state index in [1.165, 1.54) is 12.1 Å². The van der Waals surface area contributed by atoms with Crippen molar-refractivity contribution < 1.29 is 13.2 Å². The molecule has 0 bridgehead atoms. The predicted molar refractivity (Wildman–Crippen MR) is 95.8 cm³/mol. The number of rotatable bonds is 4. The Morgan fingerprint density at radius 3 is 2.44 bits per heavy atom. The molecule has 1 amide bonds. The Labute approximate surface area is 146 Å². The molecule has 1 heterocycles. The lowest BCUT2D eigenvalue weighted by molar-refractivity contribution is 0.102. The molecule has 3 aromatic rings. The minimum atomic E-state index is -3.38. The molecule has 1 N–H and O–H groups in total. The van der Waals surface area contributed by atoms with E-state index in [1.54, 1.807) is 22.9 Å². The van der Waals surface area contributed by atoms with Gasteiger partial charge < -0.3 is 5.32 Å². The molecule has 0 atom stereocenters. The minimum Gasteiger partial charge on any atom is -0.306 e. The molecular formula is C18H17N3O3S. The SMILES string of the molecule is Cc1cc(NC(=O)c2cccc(S(C)(=O)=O)c2)n(-c2ccccc2)n1. The summed E-state index contributed by atoms with van der Waals surface area (Å²) in [5.41, 5.74) is 1.83. The summed E-state index contributed by atoms with van der Waals surface area (Å²) in [5.74, 6) is 0.112. The number of sulfone groups is 1. The van der Waals surface area contributed by atoms with E-state index in [1.807, 2.05) is 37.3 Å². The second kappa shape index (κ2) is 6.52. The molecule has 128 valence electrons. The Balaban J connectivity index is 1.93. The third-order valence-electron chi connectivity index (χ3n) is 3.60. The Morgan fingerprint density at radius 2 is 1.76 bits per heavy atom. The van der Waals surface area contributed by atoms with Gasteiger partial charge >= 0.3 is 0 Å². The summed E-state index contributed by atoms with van der Waals surface area (Å²) in [6.45, 7) is 1.83. The number of nitrogens with one attached hydrogen (secondary N) is 1. The van der Waals surface area contributed by atoms with E-state index in [-0.39, 0.29) is 10.5 Å². The van der Waals surface area contributed by atoms with Crippen LogP contribution in [0.5, 0.6) is 0 Å². The van der Waals surface area contributed by atoms with Crippen LogP contribution in [0, 0.1) is 6.92 Å². The fourth-order valence-electron chi connectivity index (χ4n) is 2.41. The Hall–Kier alpha value is -2.93. The molecule has 1 aromatic heterocycles. The van der Waals surface area contributed by atoms with Crippen molar-refractivity contribution in [3.8, 4) is 5.69 Å². The smallest absolute Gasteiger partial charge is 0.256 e. The molecule has 0 saturated heterocycles. The van der Waals surface area contributed by atoms with E-state index in [0.717, 1.165) is 17.6 Å². The molecule has 6 nitrogen and oxygen atoms in total. The molecule has 0 spiro atoms. The van der Waals surface area contributed by atoms with Crippen molar-refractivity contribution in [2.75, 3.05) is 11.6 Å². The van der Waals surface area contributed by atoms with Crippen LogP contribution >= 0.6 is 0 Å². The summed E-state index contributed by atoms with van der Waals surface area (Å²) in [6, 6.07) is 17.1. The van der Waals surface area contributed by atoms with E-state index in [0.29, 0.717) is 5.82 Å². The van der Waals surface area contributed by atoms with Crippen LogP contribution in [0.4, 0.5) is 5.82 Å². The van der Waals surface area contributed by atoms with Crippen molar-refractivity contribution >= 4 is 21.6 Å². The Kier molecular flexibility index (Phi) is 4.41. The molecule has 0 aliphatic rings. The maximum absolute atomic E-state index is 12.5. The monoisotopic (exact) mass is 355 g/mol. The highest BCUT2D eigenvalue weighted by Crippen LogP contribution is 2.18. The number of carbonyl (C=O) groups is 1. The van der Waals surface area contributed by atoms with Crippen molar-refractivity contribution in [2.45, 2.75) is 11.8 Å². The molecular weight excluding hydrogens is 338 g/mol. The summed E-state index contributed by atoms with van der Waals surface area (Å²) < 4.78 is 25.0. The van der Waals surface area contributed by atoms with Gasteiger partial charge in [0.05, 0.1) is 16.3 Å². The largest absolute Gasteiger partial charge is 0.306 e. The molecule has 0 fully saturated rings. The van der Waals surface area contributed by atoms with Gasteiger partial charge in [-0.05, 0) is 37.3 Å². The van der Waals surface area contributed by atoms with Crippen molar-refractivity contribution in [2.24, 2.45) is 0 Å². The zero-order valence-electron chi connectivity index (χ0n) is 13.8. The number of anilines is 1. The van der Waals surface area contributed by atoms with E-state index >= 15 is 0 Å². The fraction of sp³-hybridized carbons (Fsp3) is 0.111. The first-order valence-corrected chi connectivity index (χ1v) is 9.47. The average molecular weight is 355 g/mol. The van der Waals surface area contributed by atoms with Crippen LogP contribution < -0.4 is 5.32 Å². The third-order valence-corrected chi connectivity index (χ3v) is 4.71. The minimum absolute atomic E-state index is 0.105. The number of hydrogen-bond donors (Lipinski definition) is 1. The topological polar surface area (TPSA) is 81.1 Å². The third kappa shape index (κ3) is 3.77. The lowest BCUT2D eigenvalue weighted by atomic mass is 10.2. The summed E-state index contributed by atoms with van der Waals surface area (Å²) >= 11 is 0. The number of aromatic nitrogens is 2. The molecule has 3 rings (SSSR count). The van der Waals surface area contributed by atoms with Gasteiger partial charge in [0, 0.05) is 17.9 Å². The molecule has 0 radical (unpaired) electrons. The second-order valence-corrected chi connectivity index (χ2v) is 7.69. The zero-order chi connectivity index (χ0) is 18.0. The first kappa shape index (κ1) is 16.9. The summed E-state index contributed by atoms with van der Waals surface area (Å²) in [4.78, 5) is 12.6. The maximum atomic E-state index is 12.5. The number of carbonyl (C=O) groups excluding carboxylic acids is 1. The average Bonchev–Trinajstić information content (AvgIpc) is 2.95. The second-order valence-electron chi connectivity index (χ2n) is 5.67. The van der Waals surface area contributed by atoms with Crippen molar-refractivity contribution in [3.05, 3.63) is 71.9 Å². The predicted octanol–water partition coefficient (Wildman–Crippen LogP) is 2.84. The van der Waals surface area contributed by atoms with Gasteiger partial charge in [0.25, 0.3) is 5.91 Å². The molecule has 7 heteroatoms. The molecule has 2 aromatic carbocycles. The molecule has 25 heavy (non-hydrogen) atoms. The van der Waals surface area contributed by atoms with Crippen LogP contribution in [0.15, 0.2) is 65.6 Å². The fourth-order valence-corrected chi connectivity index (χ4v) is 3.08. The van der Waals surface area contributed by atoms with E-state index in [4.69, 9.17) is 0 Å². The Bertz CT molecular complexity index is 1020. The van der Waals surface area contributed by atoms with Gasteiger partial charge in [-0.15, -0.1) is 0 Å². The summed E-state index contributed by atoms with van der Waals surface area (Å²) in [6.07, 6.45) is 1.11. The maximum Gasteiger partial charge on any atom is 0.256 e. The summed E-state index contributed by atoms with van der Waals surface area (Å²) in [5, 5.41) is 7.18. The van der Waals surface area contributed by atoms with E-state index < -0.39 is 15.7 Å². The van der Waals surface area contributed by atoms with Crippen LogP contribution in [0.1, 0.15) is 16.1 Å². The quantitative estimate of drug-likeness (QED) is 0.780. The molecule has 0 unspecified atom stereocenters. The number of hydrogen-bond acceptors (Lipinski definition) is 4. The van der Waals surface area contributed by atoms with Gasteiger partial charge in [0.1, 0.15) is 5.82 Å². The first-order chi connectivity index (χ1) is 11.8. The Morgan fingerprint density at radius 1 is 1.04 bits per heavy atom. The zero-order valence-corrected chi connectivity index (χ0v) is 14.6. The number of benzene rings is 2. The highest BCUT2D eigenvalue weighted by atomic mass is 32.2. The molecule has 0 aliphatic carbocycles. The van der Waals surface area contributed by atoms with Gasteiger partial charge in [-0.1, -0.05) is 24.3 Å². The number of aryl methyl sites for hydroxylation is 1. The van der Waals surface area contributed by atoms with E-state index in [2.05, 4.69) is 10.4 Å². The normalized spacial score (nSPS) is 11.3. The van der Waals surface area contributed by atoms with Crippen LogP contribution in [0.25, 0.3) is 5.69 Å². The number of amides is 1. The standard InChI is InChI=1S/C18H17N3O3S/c1-13-11-17(21(20-13)15-8-4-3-5-9-15)19-18(22)14-7-6-10-16(12-14)25(2,23)24/h3-12H,1-2H3,(H,19,22). The van der Waals surface area contributed by atoms with Crippen molar-refractivity contribution in [1.29, 1.82) is 0 Å². The van der Waals surface area contributed by atoms with Crippen molar-refractivity contribution in [1.82, 2.24) is 9.78 Å². The van der Waals surface area contributed by atoms with Gasteiger partial charge in [-0.25, -0.2) is 13.1 Å². The number of nitrogens with zero attached hydrogens (tertiary/aromatic N) is 2. The summed E-state index contributed by atoms with van der Waals surface area (Å²) in [7, 11) is -3.38. The first-order valence-electron chi connectivity index (χ1n) is 7.58. The van der Waals surface area contributed by atoms with Crippen LogP contribution in [0.2, 0.25) is 0 Å². The van der Waals surface area contributed by atoms with Crippen LogP contribution in [-0.2, 0) is 9.84 Å². The van der Waals surface area contributed by atoms with Gasteiger partial charge in [-0.3, -0.25) is 4.79 Å². The molecule has 0 aliphatic heterocycles. The van der Waals surface area contributed by atoms with Crippen LogP contribution in [0.3, 0.4) is 0 Å². The highest BCUT2D eigenvalue weighted by Gasteiger charge is 2.15. The van der Waals surface area contributed by atoms with Gasteiger partial charge in [-0.2, -0.15) is 5.10 Å². The molecule has 0 saturated carbocycles. The van der Waals surface area contributed by atoms with Gasteiger partial charge in [0.2, 0.25) is 0 Å².